The molecule has 3 N–H and O–H groups in total. The molecule has 1 heterocycles. The number of nitrogens with zero attached hydrogens (tertiary/aromatic N) is 3. The molecular formula is C17H17ClF3N5O2S. The van der Waals surface area contributed by atoms with E-state index in [1.165, 1.54) is 6.07 Å². The van der Waals surface area contributed by atoms with Gasteiger partial charge in [0.2, 0.25) is 11.8 Å². The van der Waals surface area contributed by atoms with Crippen LogP contribution < -0.4 is 11.1 Å². The van der Waals surface area contributed by atoms with Gasteiger partial charge in [-0.15, -0.1) is 10.2 Å². The van der Waals surface area contributed by atoms with Gasteiger partial charge in [0.1, 0.15) is 5.82 Å². The first-order valence-corrected chi connectivity index (χ1v) is 10.0. The van der Waals surface area contributed by atoms with Gasteiger partial charge in [-0.1, -0.05) is 23.4 Å². The van der Waals surface area contributed by atoms with Gasteiger partial charge in [0.05, 0.1) is 16.3 Å². The summed E-state index contributed by atoms with van der Waals surface area (Å²) in [7, 11) is 0. The molecular weight excluding hydrogens is 431 g/mol. The molecule has 1 aromatic carbocycles. The number of nitrogens with one attached hydrogen (secondary N) is 1. The van der Waals surface area contributed by atoms with Crippen LogP contribution in [0.2, 0.25) is 5.02 Å². The van der Waals surface area contributed by atoms with E-state index < -0.39 is 28.6 Å². The van der Waals surface area contributed by atoms with E-state index in [2.05, 4.69) is 15.5 Å². The fourth-order valence-corrected chi connectivity index (χ4v) is 3.71. The second-order valence-electron chi connectivity index (χ2n) is 6.50. The number of hydrogen-bond acceptors (Lipinski definition) is 5. The van der Waals surface area contributed by atoms with Crippen LogP contribution in [0, 0.1) is 0 Å². The summed E-state index contributed by atoms with van der Waals surface area (Å²) in [6.07, 6.45) is -2.21. The van der Waals surface area contributed by atoms with E-state index in [9.17, 15) is 22.8 Å². The highest BCUT2D eigenvalue weighted by Crippen LogP contribution is 2.39. The van der Waals surface area contributed by atoms with E-state index in [-0.39, 0.29) is 23.9 Å². The zero-order valence-electron chi connectivity index (χ0n) is 15.0. The third-order valence-electron chi connectivity index (χ3n) is 4.13. The number of thioether (sulfide) groups is 1. The van der Waals surface area contributed by atoms with E-state index in [0.717, 1.165) is 36.7 Å². The molecule has 2 aromatic rings. The van der Waals surface area contributed by atoms with Crippen LogP contribution in [0.15, 0.2) is 23.4 Å². The molecule has 7 nitrogen and oxygen atoms in total. The van der Waals surface area contributed by atoms with Crippen molar-refractivity contribution >= 4 is 40.9 Å². The Balaban J connectivity index is 1.64. The first-order chi connectivity index (χ1) is 13.6. The molecule has 1 saturated carbocycles. The summed E-state index contributed by atoms with van der Waals surface area (Å²) >= 11 is 6.70. The van der Waals surface area contributed by atoms with Crippen molar-refractivity contribution in [2.24, 2.45) is 5.73 Å². The first kappa shape index (κ1) is 21.4. The zero-order valence-corrected chi connectivity index (χ0v) is 16.6. The highest BCUT2D eigenvalue weighted by atomic mass is 35.5. The van der Waals surface area contributed by atoms with Gasteiger partial charge < -0.3 is 15.6 Å². The van der Waals surface area contributed by atoms with Crippen LogP contribution in [-0.2, 0) is 22.2 Å². The third kappa shape index (κ3) is 5.63. The highest BCUT2D eigenvalue weighted by Gasteiger charge is 2.33. The maximum atomic E-state index is 12.9. The van der Waals surface area contributed by atoms with Gasteiger partial charge in [-0.25, -0.2) is 0 Å². The summed E-state index contributed by atoms with van der Waals surface area (Å²) in [5.41, 5.74) is 4.16. The Morgan fingerprint density at radius 1 is 1.31 bits per heavy atom. The largest absolute Gasteiger partial charge is 0.417 e. The summed E-state index contributed by atoms with van der Waals surface area (Å²) in [6, 6.07) is 3.40. The molecule has 2 amide bonds. The minimum atomic E-state index is -4.62. The molecule has 1 aromatic heterocycles. The van der Waals surface area contributed by atoms with Crippen LogP contribution in [0.3, 0.4) is 0 Å². The topological polar surface area (TPSA) is 103 Å². The van der Waals surface area contributed by atoms with E-state index in [1.54, 1.807) is 0 Å². The Labute approximate surface area is 173 Å². The number of halogens is 4. The maximum Gasteiger partial charge on any atom is 0.417 e. The smallest absolute Gasteiger partial charge is 0.370 e. The summed E-state index contributed by atoms with van der Waals surface area (Å²) in [5, 5.41) is 10.7. The van der Waals surface area contributed by atoms with Gasteiger partial charge in [-0.3, -0.25) is 9.59 Å². The molecule has 12 heteroatoms. The number of rotatable bonds is 8. The number of nitrogens with two attached hydrogens (primary N) is 1. The fourth-order valence-electron chi connectivity index (χ4n) is 2.66. The van der Waals surface area contributed by atoms with Crippen molar-refractivity contribution < 1.29 is 22.8 Å². The van der Waals surface area contributed by atoms with Crippen molar-refractivity contribution in [2.75, 3.05) is 11.1 Å². The van der Waals surface area contributed by atoms with Crippen LogP contribution >= 0.6 is 23.4 Å². The second-order valence-corrected chi connectivity index (χ2v) is 7.85. The number of anilines is 1. The molecule has 1 aliphatic rings. The molecule has 156 valence electrons. The van der Waals surface area contributed by atoms with E-state index >= 15 is 0 Å². The molecule has 1 aliphatic carbocycles. The molecule has 3 rings (SSSR count). The van der Waals surface area contributed by atoms with E-state index in [0.29, 0.717) is 17.4 Å². The van der Waals surface area contributed by atoms with Crippen molar-refractivity contribution in [3.63, 3.8) is 0 Å². The minimum Gasteiger partial charge on any atom is -0.370 e. The van der Waals surface area contributed by atoms with Crippen molar-refractivity contribution in [1.82, 2.24) is 14.8 Å². The lowest BCUT2D eigenvalue weighted by Crippen LogP contribution is -2.16. The molecule has 1 fully saturated rings. The number of hydrogen-bond donors (Lipinski definition) is 2. The van der Waals surface area contributed by atoms with Crippen molar-refractivity contribution in [1.29, 1.82) is 0 Å². The van der Waals surface area contributed by atoms with Gasteiger partial charge in [0.25, 0.3) is 0 Å². The molecule has 0 radical (unpaired) electrons. The lowest BCUT2D eigenvalue weighted by molar-refractivity contribution is -0.137. The van der Waals surface area contributed by atoms with E-state index in [1.807, 2.05) is 4.57 Å². The predicted molar refractivity (Wildman–Crippen MR) is 102 cm³/mol. The predicted octanol–water partition coefficient (Wildman–Crippen LogP) is 3.43. The summed E-state index contributed by atoms with van der Waals surface area (Å²) in [5.74, 6) is -0.369. The Morgan fingerprint density at radius 2 is 2.03 bits per heavy atom. The number of aromatic nitrogens is 3. The number of carbonyl (C=O) groups excluding carboxylic acids is 2. The number of aryl methyl sites for hydroxylation is 1. The average Bonchev–Trinajstić information content (AvgIpc) is 3.39. The van der Waals surface area contributed by atoms with Crippen molar-refractivity contribution in [3.8, 4) is 0 Å². The normalized spacial score (nSPS) is 14.1. The SMILES string of the molecule is NC(=O)CCc1nnc(SCC(=O)Nc2ccc(Cl)c(C(F)(F)F)c2)n1C1CC1. The van der Waals surface area contributed by atoms with E-state index in [4.69, 9.17) is 17.3 Å². The Bertz CT molecular complexity index is 930. The Hall–Kier alpha value is -2.27. The number of benzene rings is 1. The summed E-state index contributed by atoms with van der Waals surface area (Å²) in [6.45, 7) is 0. The second kappa shape index (κ2) is 8.62. The Kier molecular flexibility index (Phi) is 6.37. The highest BCUT2D eigenvalue weighted by molar-refractivity contribution is 7.99. The monoisotopic (exact) mass is 447 g/mol. The first-order valence-electron chi connectivity index (χ1n) is 8.66. The number of amides is 2. The molecule has 0 spiro atoms. The number of carbonyl (C=O) groups is 2. The van der Waals surface area contributed by atoms with Crippen LogP contribution in [0.25, 0.3) is 0 Å². The lowest BCUT2D eigenvalue weighted by atomic mass is 10.2. The average molecular weight is 448 g/mol. The molecule has 0 unspecified atom stereocenters. The summed E-state index contributed by atoms with van der Waals surface area (Å²) in [4.78, 5) is 23.2. The quantitative estimate of drug-likeness (QED) is 0.603. The van der Waals surface area contributed by atoms with Crippen LogP contribution in [0.1, 0.15) is 36.7 Å². The fraction of sp³-hybridized carbons (Fsp3) is 0.412. The molecule has 0 atom stereocenters. The van der Waals surface area contributed by atoms with Gasteiger partial charge >= 0.3 is 6.18 Å². The third-order valence-corrected chi connectivity index (χ3v) is 5.40. The van der Waals surface area contributed by atoms with Gasteiger partial charge in [0.15, 0.2) is 5.16 Å². The molecule has 0 aliphatic heterocycles. The number of alkyl halides is 3. The maximum absolute atomic E-state index is 12.9. The van der Waals surface area contributed by atoms with Crippen molar-refractivity contribution in [2.45, 2.75) is 43.1 Å². The van der Waals surface area contributed by atoms with Gasteiger partial charge in [-0.05, 0) is 31.0 Å². The van der Waals surface area contributed by atoms with Gasteiger partial charge in [0, 0.05) is 24.6 Å². The lowest BCUT2D eigenvalue weighted by Gasteiger charge is -2.12. The van der Waals surface area contributed by atoms with Crippen LogP contribution in [0.5, 0.6) is 0 Å². The Morgan fingerprint density at radius 3 is 2.66 bits per heavy atom. The molecule has 29 heavy (non-hydrogen) atoms. The minimum absolute atomic E-state index is 0.00173. The number of primary amides is 1. The molecule has 0 bridgehead atoms. The van der Waals surface area contributed by atoms with Crippen LogP contribution in [0.4, 0.5) is 18.9 Å². The van der Waals surface area contributed by atoms with Crippen LogP contribution in [-0.4, -0.2) is 32.3 Å². The van der Waals surface area contributed by atoms with Crippen molar-refractivity contribution in [3.05, 3.63) is 34.6 Å². The summed E-state index contributed by atoms with van der Waals surface area (Å²) < 4.78 is 40.7. The zero-order chi connectivity index (χ0) is 21.2. The standard InChI is InChI=1S/C17H17ClF3N5O2S/c18-12-4-1-9(7-11(12)17(19,20)21)23-15(28)8-29-16-25-24-14(6-5-13(22)27)26(16)10-2-3-10/h1,4,7,10H,2-3,5-6,8H2,(H2,22,27)(H,23,28). The van der Waals surface area contributed by atoms with Gasteiger partial charge in [-0.2, -0.15) is 13.2 Å². The molecule has 0 saturated heterocycles.